The largest absolute Gasteiger partial charge is 0.481 e. The maximum Gasteiger partial charge on any atom is 0.307 e. The van der Waals surface area contributed by atoms with Gasteiger partial charge in [0.05, 0.1) is 12.0 Å². The average molecular weight is 229 g/mol. The highest BCUT2D eigenvalue weighted by Crippen LogP contribution is 2.16. The number of hydrogen-bond acceptors (Lipinski definition) is 3. The lowest BCUT2D eigenvalue weighted by atomic mass is 10.0. The molecule has 0 bridgehead atoms. The fourth-order valence-corrected chi connectivity index (χ4v) is 2.03. The number of ether oxygens (including phenoxy) is 1. The van der Waals surface area contributed by atoms with Crippen LogP contribution in [0.2, 0.25) is 0 Å². The van der Waals surface area contributed by atoms with Crippen LogP contribution in [0.3, 0.4) is 0 Å². The van der Waals surface area contributed by atoms with Gasteiger partial charge in [-0.15, -0.1) is 0 Å². The van der Waals surface area contributed by atoms with Crippen molar-refractivity contribution in [3.05, 3.63) is 0 Å². The molecule has 3 unspecified atom stereocenters. The monoisotopic (exact) mass is 229 g/mol. The predicted molar refractivity (Wildman–Crippen MR) is 62.5 cm³/mol. The van der Waals surface area contributed by atoms with Crippen LogP contribution < -0.4 is 0 Å². The lowest BCUT2D eigenvalue weighted by molar-refractivity contribution is -0.143. The molecular formula is C12H23NO3. The Labute approximate surface area is 97.6 Å². The molecule has 1 saturated heterocycles. The highest BCUT2D eigenvalue weighted by molar-refractivity contribution is 5.70. The third-order valence-corrected chi connectivity index (χ3v) is 3.57. The topological polar surface area (TPSA) is 49.8 Å². The van der Waals surface area contributed by atoms with Gasteiger partial charge >= 0.3 is 5.97 Å². The second-order valence-corrected chi connectivity index (χ2v) is 4.80. The van der Waals surface area contributed by atoms with Gasteiger partial charge in [0.15, 0.2) is 0 Å². The summed E-state index contributed by atoms with van der Waals surface area (Å²) in [6.45, 7) is 5.40. The van der Waals surface area contributed by atoms with Crippen LogP contribution in [-0.2, 0) is 9.53 Å². The minimum atomic E-state index is -0.732. The zero-order chi connectivity index (χ0) is 12.1. The number of likely N-dealkylation sites (N-methyl/N-ethyl adjacent to an activating group) is 1. The van der Waals surface area contributed by atoms with Crippen molar-refractivity contribution >= 4 is 5.97 Å². The van der Waals surface area contributed by atoms with Gasteiger partial charge < -0.3 is 14.7 Å². The second kappa shape index (κ2) is 6.21. The molecule has 0 aromatic heterocycles. The van der Waals surface area contributed by atoms with Crippen LogP contribution in [0.4, 0.5) is 0 Å². The Morgan fingerprint density at radius 1 is 1.50 bits per heavy atom. The number of nitrogens with zero attached hydrogens (tertiary/aromatic N) is 1. The second-order valence-electron chi connectivity index (χ2n) is 4.80. The molecule has 94 valence electrons. The van der Waals surface area contributed by atoms with E-state index in [1.54, 1.807) is 6.92 Å². The van der Waals surface area contributed by atoms with E-state index in [4.69, 9.17) is 9.84 Å². The van der Waals surface area contributed by atoms with E-state index in [2.05, 4.69) is 4.90 Å². The van der Waals surface area contributed by atoms with Crippen molar-refractivity contribution in [3.8, 4) is 0 Å². The van der Waals surface area contributed by atoms with Crippen molar-refractivity contribution in [2.45, 2.75) is 45.3 Å². The zero-order valence-electron chi connectivity index (χ0n) is 10.5. The van der Waals surface area contributed by atoms with Crippen LogP contribution >= 0.6 is 0 Å². The summed E-state index contributed by atoms with van der Waals surface area (Å²) in [7, 11) is 1.97. The summed E-state index contributed by atoms with van der Waals surface area (Å²) < 4.78 is 5.65. The number of carboxylic acids is 1. The lowest BCUT2D eigenvalue weighted by Gasteiger charge is -2.32. The molecule has 0 spiro atoms. The first-order valence-corrected chi connectivity index (χ1v) is 6.07. The molecule has 0 aliphatic carbocycles. The molecule has 1 aliphatic rings. The van der Waals surface area contributed by atoms with Crippen LogP contribution in [0.25, 0.3) is 0 Å². The molecule has 4 nitrogen and oxygen atoms in total. The molecule has 0 aromatic rings. The van der Waals surface area contributed by atoms with Crippen LogP contribution in [-0.4, -0.2) is 48.3 Å². The molecule has 0 amide bonds. The smallest absolute Gasteiger partial charge is 0.307 e. The van der Waals surface area contributed by atoms with Crippen LogP contribution in [0.1, 0.15) is 33.1 Å². The summed E-state index contributed by atoms with van der Waals surface area (Å²) in [5, 5.41) is 8.95. The van der Waals surface area contributed by atoms with Gasteiger partial charge in [0.2, 0.25) is 0 Å². The Morgan fingerprint density at radius 2 is 2.19 bits per heavy atom. The number of rotatable bonds is 5. The van der Waals surface area contributed by atoms with E-state index in [1.807, 2.05) is 14.0 Å². The summed E-state index contributed by atoms with van der Waals surface area (Å²) >= 11 is 0. The van der Waals surface area contributed by atoms with E-state index < -0.39 is 5.97 Å². The number of carboxylic acid groups (broad SMARTS) is 1. The van der Waals surface area contributed by atoms with Crippen molar-refractivity contribution in [1.29, 1.82) is 0 Å². The number of hydrogen-bond donors (Lipinski definition) is 1. The van der Waals surface area contributed by atoms with Gasteiger partial charge in [-0.25, -0.2) is 0 Å². The Hall–Kier alpha value is -0.610. The van der Waals surface area contributed by atoms with Crippen LogP contribution in [0.15, 0.2) is 0 Å². The van der Waals surface area contributed by atoms with E-state index in [0.717, 1.165) is 26.0 Å². The third kappa shape index (κ3) is 3.76. The maximum absolute atomic E-state index is 10.9. The van der Waals surface area contributed by atoms with Gasteiger partial charge in [-0.3, -0.25) is 4.79 Å². The molecule has 0 saturated carbocycles. The number of aliphatic carboxylic acids is 1. The highest BCUT2D eigenvalue weighted by Gasteiger charge is 2.25. The summed E-state index contributed by atoms with van der Waals surface area (Å²) in [4.78, 5) is 13.0. The van der Waals surface area contributed by atoms with Gasteiger partial charge in [-0.2, -0.15) is 0 Å². The lowest BCUT2D eigenvalue weighted by Crippen LogP contribution is -2.43. The molecular weight excluding hydrogens is 206 g/mol. The van der Waals surface area contributed by atoms with Gasteiger partial charge in [0.25, 0.3) is 0 Å². The van der Waals surface area contributed by atoms with Crippen LogP contribution in [0.5, 0.6) is 0 Å². The van der Waals surface area contributed by atoms with E-state index in [1.165, 1.54) is 6.42 Å². The average Bonchev–Trinajstić information content (AvgIpc) is 2.28. The molecule has 1 aliphatic heterocycles. The highest BCUT2D eigenvalue weighted by atomic mass is 16.5. The first-order valence-electron chi connectivity index (χ1n) is 6.07. The minimum Gasteiger partial charge on any atom is -0.481 e. The van der Waals surface area contributed by atoms with Crippen molar-refractivity contribution in [2.75, 3.05) is 20.2 Å². The summed E-state index contributed by atoms with van der Waals surface area (Å²) in [6.07, 6.45) is 3.75. The summed E-state index contributed by atoms with van der Waals surface area (Å²) in [5.74, 6) is -1.07. The van der Waals surface area contributed by atoms with Gasteiger partial charge in [-0.1, -0.05) is 6.92 Å². The molecule has 1 N–H and O–H groups in total. The molecule has 0 aromatic carbocycles. The Bertz CT molecular complexity index is 226. The number of carbonyl (C=O) groups is 1. The Balaban J connectivity index is 2.37. The first-order chi connectivity index (χ1) is 7.52. The van der Waals surface area contributed by atoms with Crippen molar-refractivity contribution in [2.24, 2.45) is 5.92 Å². The molecule has 0 radical (unpaired) electrons. The van der Waals surface area contributed by atoms with E-state index >= 15 is 0 Å². The van der Waals surface area contributed by atoms with Crippen molar-refractivity contribution in [3.63, 3.8) is 0 Å². The quantitative estimate of drug-likeness (QED) is 0.778. The van der Waals surface area contributed by atoms with Gasteiger partial charge in [-0.05, 0) is 33.2 Å². The first kappa shape index (κ1) is 13.5. The minimum absolute atomic E-state index is 0.0445. The molecule has 1 fully saturated rings. The standard InChI is InChI=1S/C12H23NO3/c1-9(12(14)15)10(2)13(3)8-11-6-4-5-7-16-11/h9-11H,4-8H2,1-3H3,(H,14,15). The SMILES string of the molecule is CC(C(=O)O)C(C)N(C)CC1CCCCO1. The predicted octanol–water partition coefficient (Wildman–Crippen LogP) is 1.60. The Kier molecular flexibility index (Phi) is 5.22. The molecule has 4 heteroatoms. The Morgan fingerprint density at radius 3 is 2.69 bits per heavy atom. The normalized spacial score (nSPS) is 25.4. The summed E-state index contributed by atoms with van der Waals surface area (Å²) in [6, 6.07) is 0.0445. The van der Waals surface area contributed by atoms with Gasteiger partial charge in [0, 0.05) is 19.2 Å². The van der Waals surface area contributed by atoms with E-state index in [0.29, 0.717) is 0 Å². The fraction of sp³-hybridized carbons (Fsp3) is 0.917. The van der Waals surface area contributed by atoms with Crippen molar-refractivity contribution < 1.29 is 14.6 Å². The maximum atomic E-state index is 10.9. The summed E-state index contributed by atoms with van der Waals surface area (Å²) in [5.41, 5.74) is 0. The van der Waals surface area contributed by atoms with E-state index in [9.17, 15) is 4.79 Å². The molecule has 1 rings (SSSR count). The van der Waals surface area contributed by atoms with Crippen molar-refractivity contribution in [1.82, 2.24) is 4.90 Å². The van der Waals surface area contributed by atoms with E-state index in [-0.39, 0.29) is 18.1 Å². The zero-order valence-corrected chi connectivity index (χ0v) is 10.5. The molecule has 3 atom stereocenters. The molecule has 16 heavy (non-hydrogen) atoms. The van der Waals surface area contributed by atoms with Gasteiger partial charge in [0.1, 0.15) is 0 Å². The van der Waals surface area contributed by atoms with Crippen LogP contribution in [0, 0.1) is 5.92 Å². The molecule has 1 heterocycles. The third-order valence-electron chi connectivity index (χ3n) is 3.57. The fourth-order valence-electron chi connectivity index (χ4n) is 2.03.